The molecule has 0 spiro atoms. The van der Waals surface area contributed by atoms with Gasteiger partial charge in [-0.2, -0.15) is 0 Å². The summed E-state index contributed by atoms with van der Waals surface area (Å²) in [5.74, 6) is -1.51. The number of ketones is 1. The van der Waals surface area contributed by atoms with Crippen molar-refractivity contribution in [3.63, 3.8) is 0 Å². The van der Waals surface area contributed by atoms with Gasteiger partial charge in [-0.1, -0.05) is 25.1 Å². The third kappa shape index (κ3) is 5.85. The molecule has 0 aliphatic heterocycles. The zero-order valence-corrected chi connectivity index (χ0v) is 14.1. The average Bonchev–Trinajstić information content (AvgIpc) is 2.51. The third-order valence-corrected chi connectivity index (χ3v) is 3.44. The van der Waals surface area contributed by atoms with Crippen LogP contribution >= 0.6 is 0 Å². The van der Waals surface area contributed by atoms with E-state index in [-0.39, 0.29) is 24.6 Å². The average molecular weight is 321 g/mol. The Morgan fingerprint density at radius 2 is 2.04 bits per heavy atom. The number of aryl methyl sites for hydroxylation is 1. The normalized spacial score (nSPS) is 12.2. The lowest BCUT2D eigenvalue weighted by molar-refractivity contribution is -0.143. The number of ether oxygens (including phenoxy) is 1. The zero-order valence-electron chi connectivity index (χ0n) is 14.1. The molecule has 0 fully saturated rings. The number of hydrogen-bond acceptors (Lipinski definition) is 4. The van der Waals surface area contributed by atoms with Crippen molar-refractivity contribution in [2.75, 3.05) is 20.7 Å². The van der Waals surface area contributed by atoms with Gasteiger partial charge in [0.2, 0.25) is 0 Å². The first-order valence-electron chi connectivity index (χ1n) is 7.68. The van der Waals surface area contributed by atoms with E-state index in [9.17, 15) is 14.0 Å². The number of nitrogens with zero attached hydrogens (tertiary/aromatic N) is 1. The second-order valence-electron chi connectivity index (χ2n) is 5.53. The van der Waals surface area contributed by atoms with Gasteiger partial charge in [-0.25, -0.2) is 4.39 Å². The number of hydrogen-bond donors (Lipinski definition) is 0. The smallest absolute Gasteiger partial charge is 0.306 e. The Bertz CT molecular complexity index is 582. The van der Waals surface area contributed by atoms with Crippen molar-refractivity contribution < 1.29 is 18.7 Å². The molecule has 0 N–H and O–H groups in total. The summed E-state index contributed by atoms with van der Waals surface area (Å²) in [5.41, 5.74) is 0.770. The Kier molecular flexibility index (Phi) is 7.45. The molecule has 5 heteroatoms. The van der Waals surface area contributed by atoms with Gasteiger partial charge in [0.1, 0.15) is 5.82 Å². The summed E-state index contributed by atoms with van der Waals surface area (Å²) < 4.78 is 19.4. The first-order chi connectivity index (χ1) is 10.9. The minimum absolute atomic E-state index is 0.122. The summed E-state index contributed by atoms with van der Waals surface area (Å²) in [4.78, 5) is 25.2. The van der Waals surface area contributed by atoms with Crippen molar-refractivity contribution in [1.82, 2.24) is 4.90 Å². The zero-order chi connectivity index (χ0) is 17.4. The summed E-state index contributed by atoms with van der Waals surface area (Å²) >= 11 is 0. The van der Waals surface area contributed by atoms with E-state index in [1.165, 1.54) is 6.08 Å². The Balaban J connectivity index is 2.86. The predicted octanol–water partition coefficient (Wildman–Crippen LogP) is 3.07. The predicted molar refractivity (Wildman–Crippen MR) is 87.6 cm³/mol. The molecule has 0 heterocycles. The van der Waals surface area contributed by atoms with E-state index < -0.39 is 11.7 Å². The highest BCUT2D eigenvalue weighted by Gasteiger charge is 2.19. The van der Waals surface area contributed by atoms with Crippen LogP contribution < -0.4 is 0 Å². The van der Waals surface area contributed by atoms with Crippen LogP contribution in [0.3, 0.4) is 0 Å². The van der Waals surface area contributed by atoms with E-state index in [0.717, 1.165) is 0 Å². The van der Waals surface area contributed by atoms with Crippen LogP contribution in [0.25, 0.3) is 0 Å². The third-order valence-electron chi connectivity index (χ3n) is 3.44. The molecular weight excluding hydrogens is 297 g/mol. The lowest BCUT2D eigenvalue weighted by Gasteiger charge is -2.13. The monoisotopic (exact) mass is 321 g/mol. The van der Waals surface area contributed by atoms with Crippen LogP contribution in [0.15, 0.2) is 30.5 Å². The largest absolute Gasteiger partial charge is 0.466 e. The number of esters is 1. The Morgan fingerprint density at radius 1 is 1.35 bits per heavy atom. The van der Waals surface area contributed by atoms with Gasteiger partial charge in [0, 0.05) is 32.6 Å². The highest BCUT2D eigenvalue weighted by atomic mass is 19.1. The number of allylic oxidation sites excluding steroid dienone is 1. The molecule has 0 saturated heterocycles. The van der Waals surface area contributed by atoms with E-state index in [1.54, 1.807) is 43.1 Å². The Morgan fingerprint density at radius 3 is 2.65 bits per heavy atom. The first kappa shape index (κ1) is 18.9. The molecule has 1 aromatic carbocycles. The molecular formula is C18H24FNO3. The van der Waals surface area contributed by atoms with Crippen molar-refractivity contribution in [2.24, 2.45) is 0 Å². The van der Waals surface area contributed by atoms with Crippen LogP contribution in [0.4, 0.5) is 4.39 Å². The molecule has 126 valence electrons. The first-order valence-corrected chi connectivity index (χ1v) is 7.68. The van der Waals surface area contributed by atoms with E-state index in [0.29, 0.717) is 17.7 Å². The fourth-order valence-corrected chi connectivity index (χ4v) is 2.12. The topological polar surface area (TPSA) is 46.6 Å². The molecule has 0 amide bonds. The Hall–Kier alpha value is -2.17. The maximum atomic E-state index is 14.6. The maximum absolute atomic E-state index is 14.6. The van der Waals surface area contributed by atoms with Gasteiger partial charge < -0.3 is 9.64 Å². The van der Waals surface area contributed by atoms with E-state index in [2.05, 4.69) is 0 Å². The molecule has 1 rings (SSSR count). The van der Waals surface area contributed by atoms with Gasteiger partial charge in [-0.15, -0.1) is 0 Å². The number of benzene rings is 1. The maximum Gasteiger partial charge on any atom is 0.306 e. The van der Waals surface area contributed by atoms with Crippen molar-refractivity contribution in [3.05, 3.63) is 47.4 Å². The van der Waals surface area contributed by atoms with Crippen LogP contribution in [0.5, 0.6) is 0 Å². The second-order valence-corrected chi connectivity index (χ2v) is 5.53. The van der Waals surface area contributed by atoms with Crippen molar-refractivity contribution in [3.8, 4) is 0 Å². The van der Waals surface area contributed by atoms with Crippen LogP contribution in [0.1, 0.15) is 37.3 Å². The van der Waals surface area contributed by atoms with E-state index in [4.69, 9.17) is 4.74 Å². The van der Waals surface area contributed by atoms with E-state index in [1.807, 2.05) is 14.1 Å². The highest BCUT2D eigenvalue weighted by molar-refractivity contribution is 5.95. The van der Waals surface area contributed by atoms with Gasteiger partial charge in [0.05, 0.1) is 6.61 Å². The fraction of sp³-hybridized carbons (Fsp3) is 0.444. The summed E-state index contributed by atoms with van der Waals surface area (Å²) in [6.45, 7) is 3.72. The SMILES string of the molecule is CCOC(=O)CCc1cccc(C(C)C(=O)/C=C/N(C)C)c1F. The lowest BCUT2D eigenvalue weighted by atomic mass is 9.93. The van der Waals surface area contributed by atoms with Crippen LogP contribution in [0, 0.1) is 5.82 Å². The van der Waals surface area contributed by atoms with Crippen LogP contribution in [-0.2, 0) is 20.7 Å². The standard InChI is InChI=1S/C18H24FNO3/c1-5-23-17(22)10-9-14-7-6-8-15(18(14)19)13(2)16(21)11-12-20(3)4/h6-8,11-13H,5,9-10H2,1-4H3/b12-11+. The molecule has 4 nitrogen and oxygen atoms in total. The van der Waals surface area contributed by atoms with Crippen molar-refractivity contribution in [1.29, 1.82) is 0 Å². The number of halogens is 1. The molecule has 1 aromatic rings. The van der Waals surface area contributed by atoms with Crippen LogP contribution in [0.2, 0.25) is 0 Å². The molecule has 0 saturated carbocycles. The second kappa shape index (κ2) is 9.08. The summed E-state index contributed by atoms with van der Waals surface area (Å²) in [6.07, 6.45) is 3.46. The summed E-state index contributed by atoms with van der Waals surface area (Å²) in [6, 6.07) is 4.94. The van der Waals surface area contributed by atoms with Gasteiger partial charge in [-0.05, 0) is 30.5 Å². The number of carbonyl (C=O) groups excluding carboxylic acids is 2. The minimum Gasteiger partial charge on any atom is -0.466 e. The van der Waals surface area contributed by atoms with Gasteiger partial charge in [0.15, 0.2) is 5.78 Å². The number of carbonyl (C=O) groups is 2. The molecule has 1 unspecified atom stereocenters. The van der Waals surface area contributed by atoms with Crippen molar-refractivity contribution >= 4 is 11.8 Å². The molecule has 0 aliphatic rings. The van der Waals surface area contributed by atoms with Gasteiger partial charge >= 0.3 is 5.97 Å². The lowest BCUT2D eigenvalue weighted by Crippen LogP contribution is -2.12. The Labute approximate surface area is 136 Å². The van der Waals surface area contributed by atoms with E-state index >= 15 is 0 Å². The molecule has 0 aliphatic carbocycles. The van der Waals surface area contributed by atoms with Crippen molar-refractivity contribution in [2.45, 2.75) is 32.6 Å². The fourth-order valence-electron chi connectivity index (χ4n) is 2.12. The number of rotatable bonds is 8. The van der Waals surface area contributed by atoms with Gasteiger partial charge in [-0.3, -0.25) is 9.59 Å². The summed E-state index contributed by atoms with van der Waals surface area (Å²) in [7, 11) is 3.62. The molecule has 23 heavy (non-hydrogen) atoms. The highest BCUT2D eigenvalue weighted by Crippen LogP contribution is 2.23. The summed E-state index contributed by atoms with van der Waals surface area (Å²) in [5, 5.41) is 0. The molecule has 0 radical (unpaired) electrons. The quantitative estimate of drug-likeness (QED) is 0.545. The van der Waals surface area contributed by atoms with Crippen LogP contribution in [-0.4, -0.2) is 37.4 Å². The minimum atomic E-state index is -0.575. The molecule has 1 atom stereocenters. The van der Waals surface area contributed by atoms with Gasteiger partial charge in [0.25, 0.3) is 0 Å². The molecule has 0 aromatic heterocycles. The molecule has 0 bridgehead atoms.